The molecule has 7 heteroatoms. The molecule has 1 aromatic carbocycles. The maximum absolute atomic E-state index is 6.36. The highest BCUT2D eigenvalue weighted by molar-refractivity contribution is 6.33. The van der Waals surface area contributed by atoms with Crippen LogP contribution >= 0.6 is 11.6 Å². The first-order chi connectivity index (χ1) is 14.6. The summed E-state index contributed by atoms with van der Waals surface area (Å²) in [5, 5.41) is 15.8. The van der Waals surface area contributed by atoms with E-state index in [0.29, 0.717) is 24.0 Å². The third kappa shape index (κ3) is 3.91. The average Bonchev–Trinajstić information content (AvgIpc) is 3.26. The Morgan fingerprint density at radius 2 is 2.27 bits per heavy atom. The van der Waals surface area contributed by atoms with Crippen molar-refractivity contribution >= 4 is 28.7 Å². The van der Waals surface area contributed by atoms with Crippen LogP contribution in [0.3, 0.4) is 0 Å². The summed E-state index contributed by atoms with van der Waals surface area (Å²) in [4.78, 5) is 0. The first kappa shape index (κ1) is 20.0. The molecule has 2 aromatic heterocycles. The van der Waals surface area contributed by atoms with Gasteiger partial charge in [0.05, 0.1) is 23.6 Å². The molecule has 2 N–H and O–H groups in total. The highest BCUT2D eigenvalue weighted by atomic mass is 35.5. The Labute approximate surface area is 180 Å². The lowest BCUT2D eigenvalue weighted by Gasteiger charge is -2.10. The van der Waals surface area contributed by atoms with E-state index in [9.17, 15) is 0 Å². The number of aryl methyl sites for hydroxylation is 1. The first-order valence-electron chi connectivity index (χ1n) is 9.91. The molecule has 0 saturated heterocycles. The number of hydrogen-bond acceptors (Lipinski definition) is 4. The smallest absolute Gasteiger partial charge is 0.145 e. The molecule has 0 spiro atoms. The maximum atomic E-state index is 6.36. The number of nitrogens with zero attached hydrogens (tertiary/aromatic N) is 3. The van der Waals surface area contributed by atoms with Crippen LogP contribution in [0.25, 0.3) is 5.57 Å². The predicted molar refractivity (Wildman–Crippen MR) is 121 cm³/mol. The van der Waals surface area contributed by atoms with E-state index in [1.54, 1.807) is 0 Å². The predicted octanol–water partition coefficient (Wildman–Crippen LogP) is 5.65. The van der Waals surface area contributed by atoms with Crippen LogP contribution in [0, 0.1) is 0 Å². The van der Waals surface area contributed by atoms with Crippen molar-refractivity contribution in [2.75, 3.05) is 5.32 Å². The van der Waals surface area contributed by atoms with Gasteiger partial charge in [0.2, 0.25) is 0 Å². The van der Waals surface area contributed by atoms with Crippen molar-refractivity contribution in [3.05, 3.63) is 82.8 Å². The lowest BCUT2D eigenvalue weighted by molar-refractivity contribution is 0.302. The Bertz CT molecular complexity index is 1140. The van der Waals surface area contributed by atoms with Gasteiger partial charge in [-0.25, -0.2) is 0 Å². The van der Waals surface area contributed by atoms with Crippen molar-refractivity contribution in [2.24, 2.45) is 0 Å². The minimum Gasteiger partial charge on any atom is -0.487 e. The highest BCUT2D eigenvalue weighted by Crippen LogP contribution is 2.32. The summed E-state index contributed by atoms with van der Waals surface area (Å²) >= 11 is 6.36. The van der Waals surface area contributed by atoms with Gasteiger partial charge >= 0.3 is 0 Å². The summed E-state index contributed by atoms with van der Waals surface area (Å²) in [7, 11) is 0. The summed E-state index contributed by atoms with van der Waals surface area (Å²) in [6.45, 7) is 8.99. The Morgan fingerprint density at radius 1 is 1.40 bits per heavy atom. The second kappa shape index (κ2) is 8.63. The molecule has 4 rings (SSSR count). The van der Waals surface area contributed by atoms with Gasteiger partial charge in [0, 0.05) is 22.9 Å². The van der Waals surface area contributed by atoms with E-state index in [0.717, 1.165) is 46.1 Å². The van der Waals surface area contributed by atoms with E-state index in [-0.39, 0.29) is 0 Å². The standard InChI is InChI=1S/C23H24ClN5O/c1-4-7-8-15(5-2)20-12-18-14-30-21-11-17(10-9-16(21)13-29(18)28-20)25-23-22(24)19(6-3)26-27-23/h4-5,7-12H,2,6,13-14H2,1,3H3,(H2,25,26,27)/b7-4-,15-8+. The van der Waals surface area contributed by atoms with Crippen molar-refractivity contribution in [1.82, 2.24) is 20.0 Å². The molecule has 0 aliphatic carbocycles. The van der Waals surface area contributed by atoms with Crippen LogP contribution in [-0.4, -0.2) is 20.0 Å². The molecule has 30 heavy (non-hydrogen) atoms. The number of hydrogen-bond donors (Lipinski definition) is 2. The van der Waals surface area contributed by atoms with Crippen molar-refractivity contribution in [3.8, 4) is 5.75 Å². The third-order valence-corrected chi connectivity index (χ3v) is 5.40. The monoisotopic (exact) mass is 421 g/mol. The van der Waals surface area contributed by atoms with Crippen LogP contribution in [-0.2, 0) is 19.6 Å². The Kier molecular flexibility index (Phi) is 5.77. The van der Waals surface area contributed by atoms with E-state index >= 15 is 0 Å². The van der Waals surface area contributed by atoms with E-state index in [2.05, 4.69) is 28.2 Å². The molecule has 6 nitrogen and oxygen atoms in total. The average molecular weight is 422 g/mol. The minimum absolute atomic E-state index is 0.447. The Hall–Kier alpha value is -3.25. The van der Waals surface area contributed by atoms with Crippen LogP contribution in [0.15, 0.2) is 55.1 Å². The molecular formula is C23H24ClN5O. The number of aromatic nitrogens is 4. The molecule has 0 unspecified atom stereocenters. The fourth-order valence-electron chi connectivity index (χ4n) is 3.35. The van der Waals surface area contributed by atoms with Crippen LogP contribution in [0.5, 0.6) is 5.75 Å². The Morgan fingerprint density at radius 3 is 3.00 bits per heavy atom. The van der Waals surface area contributed by atoms with Crippen LogP contribution in [0.2, 0.25) is 5.02 Å². The molecule has 0 atom stereocenters. The van der Waals surface area contributed by atoms with Gasteiger partial charge in [-0.15, -0.1) is 0 Å². The summed E-state index contributed by atoms with van der Waals surface area (Å²) in [6.07, 6.45) is 8.56. The zero-order valence-electron chi connectivity index (χ0n) is 17.1. The number of nitrogens with one attached hydrogen (secondary N) is 2. The van der Waals surface area contributed by atoms with Crippen molar-refractivity contribution in [2.45, 2.75) is 33.4 Å². The van der Waals surface area contributed by atoms with Crippen molar-refractivity contribution in [3.63, 3.8) is 0 Å². The van der Waals surface area contributed by atoms with Gasteiger partial charge in [0.15, 0.2) is 0 Å². The number of ether oxygens (including phenoxy) is 1. The highest BCUT2D eigenvalue weighted by Gasteiger charge is 2.18. The lowest BCUT2D eigenvalue weighted by Crippen LogP contribution is -2.04. The van der Waals surface area contributed by atoms with Crippen LogP contribution in [0.4, 0.5) is 11.5 Å². The number of anilines is 2. The molecule has 0 saturated carbocycles. The molecule has 3 heterocycles. The topological polar surface area (TPSA) is 67.8 Å². The van der Waals surface area contributed by atoms with Gasteiger partial charge < -0.3 is 10.1 Å². The van der Waals surface area contributed by atoms with Gasteiger partial charge in [-0.3, -0.25) is 9.78 Å². The van der Waals surface area contributed by atoms with Gasteiger partial charge in [0.25, 0.3) is 0 Å². The molecule has 0 amide bonds. The number of aromatic amines is 1. The molecule has 154 valence electrons. The fourth-order valence-corrected chi connectivity index (χ4v) is 3.61. The molecule has 0 fully saturated rings. The SMILES string of the molecule is C=C/C(=C\C=C/C)c1cc2n(n1)Cc1ccc(Nc3[nH]nc(CC)c3Cl)cc1OC2. The lowest BCUT2D eigenvalue weighted by atomic mass is 10.1. The second-order valence-electron chi connectivity index (χ2n) is 6.98. The number of benzene rings is 1. The fraction of sp³-hybridized carbons (Fsp3) is 0.217. The number of fused-ring (bicyclic) bond motifs is 2. The van der Waals surface area contributed by atoms with Gasteiger partial charge in [0.1, 0.15) is 23.2 Å². The van der Waals surface area contributed by atoms with E-state index in [1.807, 2.05) is 61.0 Å². The van der Waals surface area contributed by atoms with Gasteiger partial charge in [-0.05, 0) is 25.5 Å². The molecule has 1 aliphatic rings. The van der Waals surface area contributed by atoms with E-state index in [1.165, 1.54) is 0 Å². The summed E-state index contributed by atoms with van der Waals surface area (Å²) in [5.41, 5.74) is 5.68. The molecular weight excluding hydrogens is 398 g/mol. The van der Waals surface area contributed by atoms with Crippen LogP contribution in [0.1, 0.15) is 36.5 Å². The molecule has 1 aliphatic heterocycles. The summed E-state index contributed by atoms with van der Waals surface area (Å²) in [6, 6.07) is 8.08. The normalized spacial score (nSPS) is 13.5. The molecule has 3 aromatic rings. The number of halogens is 1. The van der Waals surface area contributed by atoms with Crippen molar-refractivity contribution in [1.29, 1.82) is 0 Å². The van der Waals surface area contributed by atoms with Crippen LogP contribution < -0.4 is 10.1 Å². The maximum Gasteiger partial charge on any atom is 0.145 e. The van der Waals surface area contributed by atoms with E-state index < -0.39 is 0 Å². The zero-order valence-corrected chi connectivity index (χ0v) is 17.8. The number of H-pyrrole nitrogens is 1. The summed E-state index contributed by atoms with van der Waals surface area (Å²) in [5.74, 6) is 1.51. The molecule has 0 radical (unpaired) electrons. The molecule has 0 bridgehead atoms. The quantitative estimate of drug-likeness (QED) is 0.504. The third-order valence-electron chi connectivity index (χ3n) is 4.99. The number of rotatable bonds is 6. The van der Waals surface area contributed by atoms with Gasteiger partial charge in [-0.2, -0.15) is 10.2 Å². The summed E-state index contributed by atoms with van der Waals surface area (Å²) < 4.78 is 8.09. The Balaban J connectivity index is 1.57. The minimum atomic E-state index is 0.447. The number of allylic oxidation sites excluding steroid dienone is 5. The van der Waals surface area contributed by atoms with Crippen molar-refractivity contribution < 1.29 is 4.74 Å². The first-order valence-corrected chi connectivity index (χ1v) is 10.3. The zero-order chi connectivity index (χ0) is 21.1. The van der Waals surface area contributed by atoms with Gasteiger partial charge in [-0.1, -0.05) is 55.5 Å². The van der Waals surface area contributed by atoms with E-state index in [4.69, 9.17) is 21.4 Å². The largest absolute Gasteiger partial charge is 0.487 e. The second-order valence-corrected chi connectivity index (χ2v) is 7.36.